The van der Waals surface area contributed by atoms with Crippen molar-refractivity contribution >= 4 is 69.2 Å². The SMILES string of the molecule is CCc1[nH]nc2[n+]1-c1sc(C)c(C)c1C(c1ccc(Cl)cc1)=N[C@H]2CC(=O)Nc1ccc(OCCCOCCCOCC(=O)N[C@H](C(=O)N2C[C@H](O)C[C@H]2C(=O)CCc2ccc(-c3scnc3C)cc2)C(C)(C)C)cc1. The Labute approximate surface area is 457 Å². The molecular weight excluding hydrogens is 1020 g/mol. The van der Waals surface area contributed by atoms with Crippen molar-refractivity contribution in [1.29, 1.82) is 0 Å². The topological polar surface area (TPSA) is 201 Å². The molecule has 0 unspecified atom stereocenters. The average molecular weight is 1090 g/mol. The summed E-state index contributed by atoms with van der Waals surface area (Å²) in [5.41, 5.74) is 8.72. The fourth-order valence-electron chi connectivity index (χ4n) is 9.45. The summed E-state index contributed by atoms with van der Waals surface area (Å²) in [5.74, 6) is 1.10. The smallest absolute Gasteiger partial charge is 0.308 e. The molecule has 6 aromatic rings. The van der Waals surface area contributed by atoms with Crippen molar-refractivity contribution < 1.29 is 43.1 Å². The Morgan fingerprint density at radius 1 is 0.921 bits per heavy atom. The van der Waals surface area contributed by atoms with E-state index in [1.807, 2.05) is 93.9 Å². The number of H-pyrrole nitrogens is 1. The van der Waals surface area contributed by atoms with Crippen molar-refractivity contribution in [3.63, 3.8) is 0 Å². The van der Waals surface area contributed by atoms with E-state index >= 15 is 0 Å². The van der Waals surface area contributed by atoms with Crippen LogP contribution in [0.5, 0.6) is 5.75 Å². The number of carbonyl (C=O) groups excluding carboxylic acids is 4. The van der Waals surface area contributed by atoms with Gasteiger partial charge in [0.2, 0.25) is 23.5 Å². The number of ketones is 1. The largest absolute Gasteiger partial charge is 0.494 e. The van der Waals surface area contributed by atoms with Gasteiger partial charge in [0.1, 0.15) is 18.4 Å². The summed E-state index contributed by atoms with van der Waals surface area (Å²) >= 11 is 9.56. The van der Waals surface area contributed by atoms with Crippen LogP contribution in [0.15, 0.2) is 83.3 Å². The Bertz CT molecular complexity index is 3020. The number of likely N-dealkylation sites (tertiary alicyclic amines) is 1. The number of carbonyl (C=O) groups is 4. The number of nitrogens with zero attached hydrogens (tertiary/aromatic N) is 5. The molecule has 0 aliphatic carbocycles. The maximum Gasteiger partial charge on any atom is 0.308 e. The third kappa shape index (κ3) is 13.7. The van der Waals surface area contributed by atoms with Gasteiger partial charge in [0.05, 0.1) is 52.5 Å². The number of β-amino-alcohol motifs (C(OH)–C–C–N with tert-alkyl or cyclic N) is 1. The van der Waals surface area contributed by atoms with Crippen LogP contribution in [-0.4, -0.2) is 112 Å². The lowest BCUT2D eigenvalue weighted by atomic mass is 9.85. The van der Waals surface area contributed by atoms with Gasteiger partial charge in [-0.3, -0.25) is 24.2 Å². The van der Waals surface area contributed by atoms with Gasteiger partial charge in [-0.1, -0.05) is 75.7 Å². The van der Waals surface area contributed by atoms with Crippen molar-refractivity contribution in [1.82, 2.24) is 25.4 Å². The van der Waals surface area contributed by atoms with Crippen molar-refractivity contribution in [3.05, 3.63) is 128 Å². The number of aliphatic imine (C=N–C) groups is 1. The number of halogens is 1. The van der Waals surface area contributed by atoms with Crippen molar-refractivity contribution in [2.45, 2.75) is 118 Å². The second-order valence-corrected chi connectivity index (χ2v) is 22.9. The van der Waals surface area contributed by atoms with Crippen LogP contribution in [-0.2, 0) is 41.5 Å². The number of thiazole rings is 1. The number of aromatic amines is 1. The molecule has 1 saturated heterocycles. The number of thiophene rings is 1. The van der Waals surface area contributed by atoms with Crippen LogP contribution in [0.4, 0.5) is 5.69 Å². The van der Waals surface area contributed by atoms with Crippen molar-refractivity contribution in [2.24, 2.45) is 10.4 Å². The van der Waals surface area contributed by atoms with Crippen molar-refractivity contribution in [2.75, 3.05) is 44.9 Å². The van der Waals surface area contributed by atoms with E-state index in [-0.39, 0.29) is 50.7 Å². The molecule has 19 heteroatoms. The van der Waals surface area contributed by atoms with E-state index in [1.54, 1.807) is 34.8 Å². The summed E-state index contributed by atoms with van der Waals surface area (Å²) < 4.78 is 19.5. The minimum atomic E-state index is -0.935. The third-order valence-corrected chi connectivity index (χ3v) is 16.1. The van der Waals surface area contributed by atoms with Crippen LogP contribution < -0.4 is 19.9 Å². The first-order valence-electron chi connectivity index (χ1n) is 25.9. The highest BCUT2D eigenvalue weighted by molar-refractivity contribution is 7.14. The molecule has 402 valence electrons. The molecule has 16 nitrogen and oxygen atoms in total. The van der Waals surface area contributed by atoms with E-state index in [2.05, 4.69) is 46.1 Å². The molecule has 5 heterocycles. The number of aromatic nitrogens is 4. The van der Waals surface area contributed by atoms with Gasteiger partial charge in [-0.25, -0.2) is 4.98 Å². The number of amides is 3. The van der Waals surface area contributed by atoms with Crippen molar-refractivity contribution in [3.8, 4) is 21.2 Å². The number of benzene rings is 3. The molecule has 1 fully saturated rings. The van der Waals surface area contributed by atoms with E-state index in [1.165, 1.54) is 9.78 Å². The van der Waals surface area contributed by atoms with Gasteiger partial charge in [-0.2, -0.15) is 4.57 Å². The number of rotatable bonds is 23. The molecule has 4 atom stereocenters. The number of anilines is 1. The predicted molar refractivity (Wildman–Crippen MR) is 296 cm³/mol. The van der Waals surface area contributed by atoms with Crippen LogP contribution in [0.25, 0.3) is 15.4 Å². The van der Waals surface area contributed by atoms with Crippen LogP contribution in [0.2, 0.25) is 5.02 Å². The molecule has 2 aliphatic heterocycles. The second-order valence-electron chi connectivity index (χ2n) is 20.4. The van der Waals surface area contributed by atoms with Crippen LogP contribution in [0, 0.1) is 26.2 Å². The van der Waals surface area contributed by atoms with E-state index in [4.69, 9.17) is 35.9 Å². The van der Waals surface area contributed by atoms with Gasteiger partial charge >= 0.3 is 5.82 Å². The highest BCUT2D eigenvalue weighted by Crippen LogP contribution is 2.36. The zero-order valence-electron chi connectivity index (χ0n) is 44.2. The quantitative estimate of drug-likeness (QED) is 0.0355. The number of aliphatic hydroxyl groups excluding tert-OH is 1. The van der Waals surface area contributed by atoms with E-state index < -0.39 is 41.5 Å². The Kier molecular flexibility index (Phi) is 18.7. The molecule has 0 spiro atoms. The summed E-state index contributed by atoms with van der Waals surface area (Å²) in [7, 11) is 0. The number of aliphatic hydroxyl groups is 1. The van der Waals surface area contributed by atoms with Gasteiger partial charge in [0.15, 0.2) is 16.8 Å². The number of Topliss-reactive ketones (excluding diaryl/α,β-unsaturated/α-hetero) is 1. The van der Waals surface area contributed by atoms with Gasteiger partial charge in [-0.15, -0.1) is 27.8 Å². The molecule has 3 aromatic heterocycles. The zero-order valence-corrected chi connectivity index (χ0v) is 46.6. The first kappa shape index (κ1) is 56.1. The molecule has 0 saturated carbocycles. The summed E-state index contributed by atoms with van der Waals surface area (Å²) in [5, 5.41) is 26.1. The fraction of sp³-hybridized carbons (Fsp3) is 0.439. The Morgan fingerprint density at radius 3 is 2.30 bits per heavy atom. The number of hydrogen-bond donors (Lipinski definition) is 4. The van der Waals surface area contributed by atoms with E-state index in [0.717, 1.165) is 61.3 Å². The highest BCUT2D eigenvalue weighted by Gasteiger charge is 2.44. The fourth-order valence-corrected chi connectivity index (χ4v) is 11.6. The summed E-state index contributed by atoms with van der Waals surface area (Å²) in [6.45, 7) is 15.2. The second kappa shape index (κ2) is 25.3. The summed E-state index contributed by atoms with van der Waals surface area (Å²) in [4.78, 5) is 67.7. The molecule has 4 N–H and O–H groups in total. The number of aryl methyl sites for hydroxylation is 4. The first-order chi connectivity index (χ1) is 36.5. The Balaban J connectivity index is 0.728. The third-order valence-electron chi connectivity index (χ3n) is 13.6. The normalized spacial score (nSPS) is 16.6. The first-order valence-corrected chi connectivity index (χ1v) is 28.0. The summed E-state index contributed by atoms with van der Waals surface area (Å²) in [6, 6.07) is 20.7. The molecule has 8 rings (SSSR count). The number of nitrogens with one attached hydrogen (secondary N) is 3. The number of hydrogen-bond acceptors (Lipinski definition) is 13. The molecule has 3 aromatic carbocycles. The van der Waals surface area contributed by atoms with E-state index in [0.29, 0.717) is 61.4 Å². The minimum Gasteiger partial charge on any atom is -0.494 e. The lowest BCUT2D eigenvalue weighted by Crippen LogP contribution is -2.57. The van der Waals surface area contributed by atoms with Crippen LogP contribution in [0.3, 0.4) is 0 Å². The Morgan fingerprint density at radius 2 is 1.62 bits per heavy atom. The molecule has 0 bridgehead atoms. The maximum absolute atomic E-state index is 14.0. The average Bonchev–Trinajstić information content (AvgIpc) is 4.20. The monoisotopic (exact) mass is 1090 g/mol. The lowest BCUT2D eigenvalue weighted by Gasteiger charge is -2.35. The molecular formula is C57H68ClN8O8S2+. The predicted octanol–water partition coefficient (Wildman–Crippen LogP) is 8.82. The highest BCUT2D eigenvalue weighted by atomic mass is 35.5. The van der Waals surface area contributed by atoms with Gasteiger partial charge < -0.3 is 34.9 Å². The molecule has 2 aliphatic rings. The van der Waals surface area contributed by atoms with E-state index in [9.17, 15) is 24.3 Å². The Hall–Kier alpha value is -6.15. The van der Waals surface area contributed by atoms with Crippen LogP contribution >= 0.6 is 34.3 Å². The standard InChI is InChI=1S/C57H67ClN8O8S2/c1-8-47-63-64-54-44(61-51(38-16-18-40(58)19-17-38)50-34(2)36(4)76-56(50)66(47)54)30-48(69)60-41-20-22-43(23-21-41)74-28-10-26-72-25-9-27-73-32-49(70)62-53(57(5,6)7)55(71)65-31-42(67)29-45(65)46(68)24-13-37-11-14-39(15-12-37)52-35(3)59-33-75-52/h11-12,14-23,33,42,44-45,53,67H,8-10,13,24-32H2,1-7H3,(H2,60,62,69,70)/p+1/t42-,44+,45+,53-/m1/s1. The van der Waals surface area contributed by atoms with Gasteiger partial charge in [0.25, 0.3) is 0 Å². The molecule has 76 heavy (non-hydrogen) atoms. The van der Waals surface area contributed by atoms with Gasteiger partial charge in [0, 0.05) is 78.3 Å². The minimum absolute atomic E-state index is 0.0231. The number of fused-ring (bicyclic) bond motifs is 3. The maximum atomic E-state index is 14.0. The van der Waals surface area contributed by atoms with Crippen LogP contribution in [0.1, 0.15) is 110 Å². The molecule has 0 radical (unpaired) electrons. The lowest BCUT2D eigenvalue weighted by molar-refractivity contribution is -0.610. The molecule has 3 amide bonds. The zero-order chi connectivity index (χ0) is 54.1. The number of ether oxygens (including phenoxy) is 3. The summed E-state index contributed by atoms with van der Waals surface area (Å²) in [6.07, 6.45) is 2.04. The van der Waals surface area contributed by atoms with Gasteiger partial charge in [-0.05, 0) is 92.1 Å².